The summed E-state index contributed by atoms with van der Waals surface area (Å²) in [7, 11) is 0. The molecule has 2 aromatic rings. The zero-order valence-electron chi connectivity index (χ0n) is 12.2. The molecule has 1 saturated heterocycles. The summed E-state index contributed by atoms with van der Waals surface area (Å²) in [5, 5.41) is 9.53. The summed E-state index contributed by atoms with van der Waals surface area (Å²) < 4.78 is 1.05. The van der Waals surface area contributed by atoms with Crippen LogP contribution in [-0.4, -0.2) is 33.5 Å². The summed E-state index contributed by atoms with van der Waals surface area (Å²) in [6.07, 6.45) is 3.39. The Morgan fingerprint density at radius 3 is 2.95 bits per heavy atom. The predicted octanol–water partition coefficient (Wildman–Crippen LogP) is 3.85. The highest BCUT2D eigenvalue weighted by molar-refractivity contribution is 9.11. The predicted molar refractivity (Wildman–Crippen MR) is 90.2 cm³/mol. The number of hydrogen-bond donors (Lipinski definition) is 1. The van der Waals surface area contributed by atoms with Crippen LogP contribution in [0.4, 0.5) is 0 Å². The fraction of sp³-hybridized carbons (Fsp3) is 0.375. The molecule has 0 aromatic carbocycles. The van der Waals surface area contributed by atoms with Gasteiger partial charge in [0.1, 0.15) is 6.04 Å². The summed E-state index contributed by atoms with van der Waals surface area (Å²) >= 11 is 5.15. The number of halogens is 1. The molecule has 1 aliphatic rings. The zero-order chi connectivity index (χ0) is 15.7. The molecule has 4 nitrogen and oxygen atoms in total. The molecule has 3 rings (SSSR count). The molecule has 0 spiro atoms. The normalized spacial score (nSPS) is 20.2. The Labute approximate surface area is 141 Å². The van der Waals surface area contributed by atoms with Crippen LogP contribution in [0.25, 0.3) is 0 Å². The van der Waals surface area contributed by atoms with Crippen LogP contribution in [0.1, 0.15) is 35.0 Å². The SMILES string of the molecule is Cc1cccnc1C(c1ccc(Br)s1)N1CCCC1C(=O)O. The van der Waals surface area contributed by atoms with Gasteiger partial charge in [0.05, 0.1) is 15.5 Å². The number of nitrogens with zero attached hydrogens (tertiary/aromatic N) is 2. The van der Waals surface area contributed by atoms with Crippen LogP contribution >= 0.6 is 27.3 Å². The molecule has 2 unspecified atom stereocenters. The molecule has 1 N–H and O–H groups in total. The monoisotopic (exact) mass is 380 g/mol. The lowest BCUT2D eigenvalue weighted by molar-refractivity contribution is -0.142. The minimum Gasteiger partial charge on any atom is -0.480 e. The average molecular weight is 381 g/mol. The number of pyridine rings is 1. The van der Waals surface area contributed by atoms with Crippen LogP contribution in [0, 0.1) is 6.92 Å². The first-order valence-corrected chi connectivity index (χ1v) is 8.84. The molecule has 6 heteroatoms. The molecule has 22 heavy (non-hydrogen) atoms. The van der Waals surface area contributed by atoms with Crippen molar-refractivity contribution in [3.8, 4) is 0 Å². The van der Waals surface area contributed by atoms with Gasteiger partial charge in [-0.1, -0.05) is 6.07 Å². The van der Waals surface area contributed by atoms with Crippen molar-refractivity contribution in [2.24, 2.45) is 0 Å². The van der Waals surface area contributed by atoms with E-state index in [4.69, 9.17) is 0 Å². The van der Waals surface area contributed by atoms with Crippen molar-refractivity contribution in [2.45, 2.75) is 31.8 Å². The minimum atomic E-state index is -0.744. The van der Waals surface area contributed by atoms with Crippen LogP contribution in [-0.2, 0) is 4.79 Å². The second-order valence-corrected chi connectivity index (χ2v) is 7.98. The van der Waals surface area contributed by atoms with E-state index in [1.54, 1.807) is 17.5 Å². The second kappa shape index (κ2) is 6.48. The van der Waals surface area contributed by atoms with Crippen LogP contribution < -0.4 is 0 Å². The van der Waals surface area contributed by atoms with Crippen LogP contribution in [0.5, 0.6) is 0 Å². The number of carbonyl (C=O) groups is 1. The number of carboxylic acid groups (broad SMARTS) is 1. The average Bonchev–Trinajstić information content (AvgIpc) is 3.11. The molecule has 0 bridgehead atoms. The maximum Gasteiger partial charge on any atom is 0.320 e. The van der Waals surface area contributed by atoms with Gasteiger partial charge in [-0.2, -0.15) is 0 Å². The second-order valence-electron chi connectivity index (χ2n) is 5.48. The van der Waals surface area contributed by atoms with E-state index in [1.807, 2.05) is 25.1 Å². The van der Waals surface area contributed by atoms with Crippen molar-refractivity contribution in [2.75, 3.05) is 6.54 Å². The van der Waals surface area contributed by atoms with Gasteiger partial charge in [-0.05, 0) is 59.5 Å². The van der Waals surface area contributed by atoms with E-state index in [9.17, 15) is 9.90 Å². The summed E-state index contributed by atoms with van der Waals surface area (Å²) in [6.45, 7) is 2.82. The fourth-order valence-corrected chi connectivity index (χ4v) is 4.63. The standard InChI is InChI=1S/C16H17BrN2O2S/c1-10-4-2-8-18-14(10)15(12-6-7-13(17)22-12)19-9-3-5-11(19)16(20)21/h2,4,6-8,11,15H,3,5,9H2,1H3,(H,20,21). The molecule has 116 valence electrons. The third kappa shape index (κ3) is 2.95. The van der Waals surface area contributed by atoms with Gasteiger partial charge in [-0.15, -0.1) is 11.3 Å². The van der Waals surface area contributed by atoms with Crippen molar-refractivity contribution in [3.63, 3.8) is 0 Å². The Morgan fingerprint density at radius 1 is 1.50 bits per heavy atom. The Kier molecular flexibility index (Phi) is 4.61. The first kappa shape index (κ1) is 15.6. The maximum absolute atomic E-state index is 11.6. The van der Waals surface area contributed by atoms with Gasteiger partial charge in [0.25, 0.3) is 0 Å². The maximum atomic E-state index is 11.6. The number of carboxylic acids is 1. The van der Waals surface area contributed by atoms with E-state index in [2.05, 4.69) is 31.9 Å². The summed E-state index contributed by atoms with van der Waals surface area (Å²) in [4.78, 5) is 19.4. The lowest BCUT2D eigenvalue weighted by Crippen LogP contribution is -2.39. The van der Waals surface area contributed by atoms with Crippen molar-refractivity contribution in [3.05, 3.63) is 50.4 Å². The van der Waals surface area contributed by atoms with Gasteiger partial charge in [-0.3, -0.25) is 14.7 Å². The van der Waals surface area contributed by atoms with Gasteiger partial charge < -0.3 is 5.11 Å². The number of aromatic nitrogens is 1. The summed E-state index contributed by atoms with van der Waals surface area (Å²) in [5.41, 5.74) is 2.04. The molecule has 1 fully saturated rings. The first-order valence-electron chi connectivity index (χ1n) is 7.23. The van der Waals surface area contributed by atoms with Gasteiger partial charge in [0.2, 0.25) is 0 Å². The third-order valence-corrected chi connectivity index (χ3v) is 5.76. The third-order valence-electron chi connectivity index (χ3n) is 4.08. The van der Waals surface area contributed by atoms with Crippen LogP contribution in [0.3, 0.4) is 0 Å². The molecule has 0 aliphatic carbocycles. The van der Waals surface area contributed by atoms with Crippen molar-refractivity contribution < 1.29 is 9.90 Å². The minimum absolute atomic E-state index is 0.0962. The quantitative estimate of drug-likeness (QED) is 0.874. The first-order chi connectivity index (χ1) is 10.6. The van der Waals surface area contributed by atoms with Crippen molar-refractivity contribution >= 4 is 33.2 Å². The number of likely N-dealkylation sites (tertiary alicyclic amines) is 1. The van der Waals surface area contributed by atoms with E-state index in [0.29, 0.717) is 6.42 Å². The molecule has 0 saturated carbocycles. The van der Waals surface area contributed by atoms with Gasteiger partial charge >= 0.3 is 5.97 Å². The largest absolute Gasteiger partial charge is 0.480 e. The summed E-state index contributed by atoms with van der Waals surface area (Å²) in [5.74, 6) is -0.744. The van der Waals surface area contributed by atoms with Crippen molar-refractivity contribution in [1.82, 2.24) is 9.88 Å². The zero-order valence-corrected chi connectivity index (χ0v) is 14.6. The van der Waals surface area contributed by atoms with E-state index in [1.165, 1.54) is 0 Å². The van der Waals surface area contributed by atoms with Crippen LogP contribution in [0.2, 0.25) is 0 Å². The number of thiophene rings is 1. The Bertz CT molecular complexity index is 688. The topological polar surface area (TPSA) is 53.4 Å². The molecular weight excluding hydrogens is 364 g/mol. The van der Waals surface area contributed by atoms with Gasteiger partial charge in [0, 0.05) is 17.6 Å². The van der Waals surface area contributed by atoms with Crippen molar-refractivity contribution in [1.29, 1.82) is 0 Å². The van der Waals surface area contributed by atoms with E-state index in [0.717, 1.165) is 32.9 Å². The smallest absolute Gasteiger partial charge is 0.320 e. The summed E-state index contributed by atoms with van der Waals surface area (Å²) in [6, 6.07) is 7.48. The van der Waals surface area contributed by atoms with Gasteiger partial charge in [0.15, 0.2) is 0 Å². The highest BCUT2D eigenvalue weighted by atomic mass is 79.9. The number of aliphatic carboxylic acids is 1. The Hall–Kier alpha value is -1.24. The molecule has 2 atom stereocenters. The molecule has 2 aromatic heterocycles. The van der Waals surface area contributed by atoms with E-state index in [-0.39, 0.29) is 6.04 Å². The number of aryl methyl sites for hydroxylation is 1. The fourth-order valence-electron chi connectivity index (χ4n) is 3.08. The Morgan fingerprint density at radius 2 is 2.32 bits per heavy atom. The Balaban J connectivity index is 2.07. The van der Waals surface area contributed by atoms with E-state index >= 15 is 0 Å². The van der Waals surface area contributed by atoms with Crippen LogP contribution in [0.15, 0.2) is 34.2 Å². The lowest BCUT2D eigenvalue weighted by atomic mass is 10.0. The lowest BCUT2D eigenvalue weighted by Gasteiger charge is -2.31. The molecule has 0 amide bonds. The molecule has 0 radical (unpaired) electrons. The number of hydrogen-bond acceptors (Lipinski definition) is 4. The number of rotatable bonds is 4. The molecule has 1 aliphatic heterocycles. The van der Waals surface area contributed by atoms with Gasteiger partial charge in [-0.25, -0.2) is 0 Å². The molecular formula is C16H17BrN2O2S. The highest BCUT2D eigenvalue weighted by Gasteiger charge is 2.38. The highest BCUT2D eigenvalue weighted by Crippen LogP contribution is 2.39. The molecule has 3 heterocycles. The van der Waals surface area contributed by atoms with E-state index < -0.39 is 12.0 Å².